The van der Waals surface area contributed by atoms with Gasteiger partial charge in [-0.3, -0.25) is 0 Å². The highest BCUT2D eigenvalue weighted by atomic mass is 16.3. The van der Waals surface area contributed by atoms with E-state index in [0.717, 1.165) is 27.8 Å². The summed E-state index contributed by atoms with van der Waals surface area (Å²) in [6.45, 7) is 11.6. The summed E-state index contributed by atoms with van der Waals surface area (Å²) >= 11 is 0. The van der Waals surface area contributed by atoms with Crippen LogP contribution in [0, 0.1) is 0 Å². The van der Waals surface area contributed by atoms with Crippen LogP contribution in [0.15, 0.2) is 62.2 Å². The molecule has 2 aromatic rings. The lowest BCUT2D eigenvalue weighted by atomic mass is 9.95. The van der Waals surface area contributed by atoms with Gasteiger partial charge in [-0.25, -0.2) is 0 Å². The lowest BCUT2D eigenvalue weighted by Crippen LogP contribution is -1.89. The molecule has 0 aliphatic rings. The Labute approximate surface area is 113 Å². The first kappa shape index (κ1) is 12.9. The fourth-order valence-corrected chi connectivity index (χ4v) is 2.01. The van der Waals surface area contributed by atoms with Crippen molar-refractivity contribution in [2.75, 3.05) is 0 Å². The third-order valence-corrected chi connectivity index (χ3v) is 3.10. The molecule has 0 bridgehead atoms. The van der Waals surface area contributed by atoms with Gasteiger partial charge >= 0.3 is 0 Å². The van der Waals surface area contributed by atoms with Gasteiger partial charge in [0, 0.05) is 5.56 Å². The third-order valence-electron chi connectivity index (χ3n) is 3.10. The molecule has 0 fully saturated rings. The molecule has 0 heterocycles. The SMILES string of the molecule is C=Cc1ccc(C(=C)c2ccccc2O)cc1C=C. The van der Waals surface area contributed by atoms with E-state index in [2.05, 4.69) is 19.7 Å². The standard InChI is InChI=1S/C18H16O/c1-4-14-10-11-16(12-15(14)5-2)13(3)17-8-6-7-9-18(17)19/h4-12,19H,1-3H2. The zero-order valence-corrected chi connectivity index (χ0v) is 10.8. The number of rotatable bonds is 4. The second kappa shape index (κ2) is 5.40. The molecule has 0 aliphatic carbocycles. The van der Waals surface area contributed by atoms with E-state index in [4.69, 9.17) is 0 Å². The highest BCUT2D eigenvalue weighted by Crippen LogP contribution is 2.30. The van der Waals surface area contributed by atoms with Crippen LogP contribution in [0.2, 0.25) is 0 Å². The Balaban J connectivity index is 2.48. The molecule has 0 aliphatic heterocycles. The van der Waals surface area contributed by atoms with Crippen molar-refractivity contribution in [2.45, 2.75) is 0 Å². The molecule has 0 radical (unpaired) electrons. The molecule has 0 amide bonds. The van der Waals surface area contributed by atoms with Gasteiger partial charge in [-0.15, -0.1) is 0 Å². The second-order valence-electron chi connectivity index (χ2n) is 4.25. The summed E-state index contributed by atoms with van der Waals surface area (Å²) in [5.74, 6) is 0.237. The van der Waals surface area contributed by atoms with Crippen LogP contribution in [0.1, 0.15) is 22.3 Å². The van der Waals surface area contributed by atoms with Crippen LogP contribution in [0.5, 0.6) is 5.75 Å². The van der Waals surface area contributed by atoms with Crippen LogP contribution in [0.3, 0.4) is 0 Å². The molecular formula is C18H16O. The molecule has 1 nitrogen and oxygen atoms in total. The molecule has 19 heavy (non-hydrogen) atoms. The Morgan fingerprint density at radius 2 is 1.63 bits per heavy atom. The van der Waals surface area contributed by atoms with Gasteiger partial charge in [0.2, 0.25) is 0 Å². The van der Waals surface area contributed by atoms with Gasteiger partial charge in [0.25, 0.3) is 0 Å². The number of phenols is 1. The predicted octanol–water partition coefficient (Wildman–Crippen LogP) is 4.74. The molecule has 0 saturated heterocycles. The van der Waals surface area contributed by atoms with Crippen LogP contribution in [0.25, 0.3) is 17.7 Å². The first-order valence-corrected chi connectivity index (χ1v) is 6.04. The molecule has 94 valence electrons. The highest BCUT2D eigenvalue weighted by molar-refractivity contribution is 5.82. The maximum Gasteiger partial charge on any atom is 0.123 e. The second-order valence-corrected chi connectivity index (χ2v) is 4.25. The number of para-hydroxylation sites is 1. The molecule has 0 saturated carbocycles. The van der Waals surface area contributed by atoms with Crippen LogP contribution in [0.4, 0.5) is 0 Å². The fraction of sp³-hybridized carbons (Fsp3) is 0. The minimum absolute atomic E-state index is 0.237. The van der Waals surface area contributed by atoms with E-state index < -0.39 is 0 Å². The molecule has 0 unspecified atom stereocenters. The van der Waals surface area contributed by atoms with Gasteiger partial charge in [-0.1, -0.05) is 62.2 Å². The summed E-state index contributed by atoms with van der Waals surface area (Å²) < 4.78 is 0. The quantitative estimate of drug-likeness (QED) is 0.828. The van der Waals surface area contributed by atoms with E-state index >= 15 is 0 Å². The largest absolute Gasteiger partial charge is 0.507 e. The lowest BCUT2D eigenvalue weighted by molar-refractivity contribution is 0.473. The maximum absolute atomic E-state index is 9.87. The summed E-state index contributed by atoms with van der Waals surface area (Å²) in [5, 5.41) is 9.87. The Morgan fingerprint density at radius 1 is 0.947 bits per heavy atom. The van der Waals surface area contributed by atoms with E-state index in [-0.39, 0.29) is 5.75 Å². The molecule has 1 N–H and O–H groups in total. The molecule has 0 aromatic heterocycles. The topological polar surface area (TPSA) is 20.2 Å². The minimum Gasteiger partial charge on any atom is -0.507 e. The van der Waals surface area contributed by atoms with Gasteiger partial charge in [-0.2, -0.15) is 0 Å². The average molecular weight is 248 g/mol. The molecular weight excluding hydrogens is 232 g/mol. The zero-order valence-electron chi connectivity index (χ0n) is 10.8. The summed E-state index contributed by atoms with van der Waals surface area (Å²) in [5.41, 5.74) is 4.52. The molecule has 1 heteroatoms. The van der Waals surface area contributed by atoms with Gasteiger partial charge < -0.3 is 5.11 Å². The van der Waals surface area contributed by atoms with Crippen molar-refractivity contribution in [3.63, 3.8) is 0 Å². The monoisotopic (exact) mass is 248 g/mol. The van der Waals surface area contributed by atoms with Gasteiger partial charge in [0.15, 0.2) is 0 Å². The smallest absolute Gasteiger partial charge is 0.123 e. The van der Waals surface area contributed by atoms with Crippen molar-refractivity contribution in [2.24, 2.45) is 0 Å². The van der Waals surface area contributed by atoms with E-state index in [9.17, 15) is 5.11 Å². The maximum atomic E-state index is 9.87. The average Bonchev–Trinajstić information content (AvgIpc) is 2.46. The Kier molecular flexibility index (Phi) is 3.67. The summed E-state index contributed by atoms with van der Waals surface area (Å²) in [6.07, 6.45) is 3.59. The first-order valence-electron chi connectivity index (χ1n) is 6.04. The Morgan fingerprint density at radius 3 is 2.26 bits per heavy atom. The van der Waals surface area contributed by atoms with Crippen LogP contribution < -0.4 is 0 Å². The van der Waals surface area contributed by atoms with Crippen molar-refractivity contribution >= 4 is 17.7 Å². The highest BCUT2D eigenvalue weighted by Gasteiger charge is 2.08. The Hall–Kier alpha value is -2.54. The van der Waals surface area contributed by atoms with Crippen molar-refractivity contribution in [1.29, 1.82) is 0 Å². The van der Waals surface area contributed by atoms with Crippen molar-refractivity contribution < 1.29 is 5.11 Å². The molecule has 2 aromatic carbocycles. The molecule has 2 rings (SSSR count). The van der Waals surface area contributed by atoms with E-state index in [0.29, 0.717) is 0 Å². The Bertz CT molecular complexity index is 650. The van der Waals surface area contributed by atoms with Crippen molar-refractivity contribution in [3.05, 3.63) is 84.5 Å². The number of benzene rings is 2. The summed E-state index contributed by atoms with van der Waals surface area (Å²) in [7, 11) is 0. The van der Waals surface area contributed by atoms with E-state index in [1.165, 1.54) is 0 Å². The number of aromatic hydroxyl groups is 1. The van der Waals surface area contributed by atoms with Gasteiger partial charge in [0.05, 0.1) is 0 Å². The molecule has 0 atom stereocenters. The van der Waals surface area contributed by atoms with Crippen LogP contribution in [-0.4, -0.2) is 5.11 Å². The number of hydrogen-bond acceptors (Lipinski definition) is 1. The number of hydrogen-bond donors (Lipinski definition) is 1. The van der Waals surface area contributed by atoms with Crippen LogP contribution in [-0.2, 0) is 0 Å². The normalized spacial score (nSPS) is 9.89. The lowest BCUT2D eigenvalue weighted by Gasteiger charge is -2.10. The van der Waals surface area contributed by atoms with Crippen LogP contribution >= 0.6 is 0 Å². The third kappa shape index (κ3) is 2.50. The molecule has 0 spiro atoms. The predicted molar refractivity (Wildman–Crippen MR) is 82.9 cm³/mol. The summed E-state index contributed by atoms with van der Waals surface area (Å²) in [4.78, 5) is 0. The van der Waals surface area contributed by atoms with Crippen molar-refractivity contribution in [3.8, 4) is 5.75 Å². The first-order chi connectivity index (χ1) is 9.17. The zero-order chi connectivity index (χ0) is 13.8. The van der Waals surface area contributed by atoms with Gasteiger partial charge in [0.1, 0.15) is 5.75 Å². The van der Waals surface area contributed by atoms with E-state index in [1.807, 2.05) is 30.3 Å². The van der Waals surface area contributed by atoms with Crippen molar-refractivity contribution in [1.82, 2.24) is 0 Å². The number of phenolic OH excluding ortho intramolecular Hbond substituents is 1. The fourth-order valence-electron chi connectivity index (χ4n) is 2.01. The van der Waals surface area contributed by atoms with Gasteiger partial charge in [-0.05, 0) is 34.4 Å². The van der Waals surface area contributed by atoms with E-state index in [1.54, 1.807) is 24.3 Å². The minimum atomic E-state index is 0.237. The summed E-state index contributed by atoms with van der Waals surface area (Å²) in [6, 6.07) is 13.1.